The van der Waals surface area contributed by atoms with Crippen molar-refractivity contribution in [2.24, 2.45) is 11.1 Å². The zero-order valence-corrected chi connectivity index (χ0v) is 9.76. The van der Waals surface area contributed by atoms with E-state index in [1.54, 1.807) is 0 Å². The Morgan fingerprint density at radius 2 is 1.87 bits per heavy atom. The number of rotatable bonds is 3. The van der Waals surface area contributed by atoms with Gasteiger partial charge in [0.05, 0.1) is 0 Å². The summed E-state index contributed by atoms with van der Waals surface area (Å²) in [5.41, 5.74) is 6.98. The van der Waals surface area contributed by atoms with E-state index in [0.717, 1.165) is 17.5 Å². The second-order valence-electron chi connectivity index (χ2n) is 4.97. The highest BCUT2D eigenvalue weighted by Gasteiger charge is 2.27. The Bertz CT molecular complexity index is 315. The van der Waals surface area contributed by atoms with Crippen LogP contribution in [0, 0.1) is 5.41 Å². The fourth-order valence-corrected chi connectivity index (χ4v) is 1.63. The molecule has 0 saturated carbocycles. The predicted octanol–water partition coefficient (Wildman–Crippen LogP) is 3.24. The summed E-state index contributed by atoms with van der Waals surface area (Å²) in [7, 11) is 0. The molecule has 1 aromatic carbocycles. The molecule has 0 bridgehead atoms. The standard InChI is InChI=1S/C13H20FN/c1-13(2,3)12(14)11-7-5-4-6-10(11)8-9-15/h4-7,12H,8-9,15H2,1-3H3. The van der Waals surface area contributed by atoms with Crippen LogP contribution in [-0.4, -0.2) is 6.54 Å². The third kappa shape index (κ3) is 3.03. The van der Waals surface area contributed by atoms with Gasteiger partial charge in [0.15, 0.2) is 0 Å². The maximum atomic E-state index is 14.2. The lowest BCUT2D eigenvalue weighted by Gasteiger charge is -2.25. The van der Waals surface area contributed by atoms with Crippen LogP contribution in [0.15, 0.2) is 24.3 Å². The van der Waals surface area contributed by atoms with Crippen molar-refractivity contribution in [2.75, 3.05) is 6.54 Å². The number of alkyl halides is 1. The third-order valence-electron chi connectivity index (χ3n) is 2.50. The van der Waals surface area contributed by atoms with Crippen molar-refractivity contribution in [3.05, 3.63) is 35.4 Å². The van der Waals surface area contributed by atoms with Gasteiger partial charge in [-0.05, 0) is 29.5 Å². The van der Waals surface area contributed by atoms with Crippen LogP contribution >= 0.6 is 0 Å². The average molecular weight is 209 g/mol. The second kappa shape index (κ2) is 4.75. The second-order valence-corrected chi connectivity index (χ2v) is 4.97. The van der Waals surface area contributed by atoms with E-state index in [-0.39, 0.29) is 5.41 Å². The monoisotopic (exact) mass is 209 g/mol. The highest BCUT2D eigenvalue weighted by atomic mass is 19.1. The molecule has 1 nitrogen and oxygen atoms in total. The van der Waals surface area contributed by atoms with Crippen molar-refractivity contribution >= 4 is 0 Å². The first-order chi connectivity index (χ1) is 6.96. The summed E-state index contributed by atoms with van der Waals surface area (Å²) in [5, 5.41) is 0. The van der Waals surface area contributed by atoms with E-state index in [2.05, 4.69) is 0 Å². The average Bonchev–Trinajstić information content (AvgIpc) is 2.17. The molecule has 1 atom stereocenters. The van der Waals surface area contributed by atoms with Crippen molar-refractivity contribution in [1.29, 1.82) is 0 Å². The number of benzene rings is 1. The molecule has 84 valence electrons. The molecule has 2 N–H and O–H groups in total. The van der Waals surface area contributed by atoms with Crippen LogP contribution in [-0.2, 0) is 6.42 Å². The van der Waals surface area contributed by atoms with E-state index in [4.69, 9.17) is 5.73 Å². The third-order valence-corrected chi connectivity index (χ3v) is 2.50. The molecule has 0 saturated heterocycles. The predicted molar refractivity (Wildman–Crippen MR) is 62.5 cm³/mol. The van der Waals surface area contributed by atoms with Crippen molar-refractivity contribution < 1.29 is 4.39 Å². The molecule has 1 unspecified atom stereocenters. The zero-order valence-electron chi connectivity index (χ0n) is 9.76. The number of hydrogen-bond acceptors (Lipinski definition) is 1. The first kappa shape index (κ1) is 12.2. The lowest BCUT2D eigenvalue weighted by Crippen LogP contribution is -2.16. The molecule has 0 aliphatic carbocycles. The van der Waals surface area contributed by atoms with E-state index in [1.165, 1.54) is 0 Å². The van der Waals surface area contributed by atoms with Gasteiger partial charge >= 0.3 is 0 Å². The minimum Gasteiger partial charge on any atom is -0.330 e. The Morgan fingerprint density at radius 3 is 2.40 bits per heavy atom. The summed E-state index contributed by atoms with van der Waals surface area (Å²) >= 11 is 0. The molecule has 0 fully saturated rings. The molecule has 0 radical (unpaired) electrons. The number of hydrogen-bond donors (Lipinski definition) is 1. The van der Waals surface area contributed by atoms with E-state index >= 15 is 0 Å². The minimum atomic E-state index is -0.930. The van der Waals surface area contributed by atoms with Crippen molar-refractivity contribution in [2.45, 2.75) is 33.4 Å². The van der Waals surface area contributed by atoms with Crippen LogP contribution in [0.4, 0.5) is 4.39 Å². The van der Waals surface area contributed by atoms with Gasteiger partial charge < -0.3 is 5.73 Å². The molecular formula is C13H20FN. The van der Waals surface area contributed by atoms with Gasteiger partial charge in [-0.1, -0.05) is 45.0 Å². The Morgan fingerprint density at radius 1 is 1.27 bits per heavy atom. The van der Waals surface area contributed by atoms with E-state index in [1.807, 2.05) is 45.0 Å². The largest absolute Gasteiger partial charge is 0.330 e. The van der Waals surface area contributed by atoms with Crippen LogP contribution in [0.2, 0.25) is 0 Å². The number of halogens is 1. The maximum Gasteiger partial charge on any atom is 0.130 e. The summed E-state index contributed by atoms with van der Waals surface area (Å²) in [5.74, 6) is 0. The smallest absolute Gasteiger partial charge is 0.130 e. The van der Waals surface area contributed by atoms with E-state index in [9.17, 15) is 4.39 Å². The molecule has 1 rings (SSSR count). The Balaban J connectivity index is 3.02. The molecular weight excluding hydrogens is 189 g/mol. The van der Waals surface area contributed by atoms with Crippen LogP contribution < -0.4 is 5.73 Å². The van der Waals surface area contributed by atoms with Crippen molar-refractivity contribution in [3.63, 3.8) is 0 Å². The Hall–Kier alpha value is -0.890. The summed E-state index contributed by atoms with van der Waals surface area (Å²) in [6.07, 6.45) is -0.188. The molecule has 15 heavy (non-hydrogen) atoms. The highest BCUT2D eigenvalue weighted by Crippen LogP contribution is 2.37. The molecule has 0 aliphatic heterocycles. The molecule has 0 amide bonds. The van der Waals surface area contributed by atoms with Gasteiger partial charge in [-0.2, -0.15) is 0 Å². The quantitative estimate of drug-likeness (QED) is 0.812. The van der Waals surface area contributed by atoms with Gasteiger partial charge in [0, 0.05) is 0 Å². The van der Waals surface area contributed by atoms with Gasteiger partial charge in [-0.3, -0.25) is 0 Å². The van der Waals surface area contributed by atoms with Gasteiger partial charge in [0.1, 0.15) is 6.17 Å². The van der Waals surface area contributed by atoms with Crippen LogP contribution in [0.5, 0.6) is 0 Å². The van der Waals surface area contributed by atoms with Gasteiger partial charge in [0.25, 0.3) is 0 Å². The van der Waals surface area contributed by atoms with E-state index < -0.39 is 6.17 Å². The number of nitrogens with two attached hydrogens (primary N) is 1. The topological polar surface area (TPSA) is 26.0 Å². The van der Waals surface area contributed by atoms with Crippen molar-refractivity contribution in [3.8, 4) is 0 Å². The Labute approximate surface area is 91.5 Å². The van der Waals surface area contributed by atoms with Gasteiger partial charge in [-0.15, -0.1) is 0 Å². The molecule has 1 aromatic rings. The summed E-state index contributed by atoms with van der Waals surface area (Å²) in [6, 6.07) is 7.64. The van der Waals surface area contributed by atoms with Crippen LogP contribution in [0.3, 0.4) is 0 Å². The molecule has 0 aliphatic rings. The lowest BCUT2D eigenvalue weighted by atomic mass is 9.83. The summed E-state index contributed by atoms with van der Waals surface area (Å²) in [4.78, 5) is 0. The molecule has 0 heterocycles. The molecule has 2 heteroatoms. The fourth-order valence-electron chi connectivity index (χ4n) is 1.63. The highest BCUT2D eigenvalue weighted by molar-refractivity contribution is 5.30. The zero-order chi connectivity index (χ0) is 11.5. The van der Waals surface area contributed by atoms with Gasteiger partial charge in [-0.25, -0.2) is 4.39 Å². The maximum absolute atomic E-state index is 14.2. The van der Waals surface area contributed by atoms with E-state index in [0.29, 0.717) is 6.54 Å². The Kier molecular flexibility index (Phi) is 3.86. The minimum absolute atomic E-state index is 0.356. The molecule has 0 spiro atoms. The SMILES string of the molecule is CC(C)(C)C(F)c1ccccc1CCN. The van der Waals surface area contributed by atoms with Crippen LogP contribution in [0.25, 0.3) is 0 Å². The first-order valence-corrected chi connectivity index (χ1v) is 5.38. The summed E-state index contributed by atoms with van der Waals surface area (Å²) in [6.45, 7) is 6.30. The first-order valence-electron chi connectivity index (χ1n) is 5.38. The fraction of sp³-hybridized carbons (Fsp3) is 0.538. The van der Waals surface area contributed by atoms with Gasteiger partial charge in [0.2, 0.25) is 0 Å². The summed E-state index contributed by atoms with van der Waals surface area (Å²) < 4.78 is 14.2. The molecule has 0 aromatic heterocycles. The van der Waals surface area contributed by atoms with Crippen molar-refractivity contribution in [1.82, 2.24) is 0 Å². The normalized spacial score (nSPS) is 13.9. The van der Waals surface area contributed by atoms with Crippen LogP contribution in [0.1, 0.15) is 38.1 Å². The lowest BCUT2D eigenvalue weighted by molar-refractivity contribution is 0.164.